The molecule has 4 amide bonds. The third-order valence-corrected chi connectivity index (χ3v) is 8.10. The van der Waals surface area contributed by atoms with E-state index in [0.29, 0.717) is 30.2 Å². The molecule has 1 aromatic heterocycles. The van der Waals surface area contributed by atoms with E-state index >= 15 is 0 Å². The van der Waals surface area contributed by atoms with Gasteiger partial charge in [0, 0.05) is 23.4 Å². The number of hydrogen-bond acceptors (Lipinski definition) is 5. The Labute approximate surface area is 246 Å². The Balaban J connectivity index is 1.35. The molecule has 1 saturated carbocycles. The van der Waals surface area contributed by atoms with Gasteiger partial charge >= 0.3 is 6.03 Å². The van der Waals surface area contributed by atoms with Crippen LogP contribution < -0.4 is 16.0 Å². The average molecular weight is 570 g/mol. The molecule has 2 heterocycles. The van der Waals surface area contributed by atoms with Crippen molar-refractivity contribution in [3.63, 3.8) is 0 Å². The van der Waals surface area contributed by atoms with E-state index < -0.39 is 5.54 Å². The highest BCUT2D eigenvalue weighted by Crippen LogP contribution is 2.49. The Kier molecular flexibility index (Phi) is 8.72. The first-order valence-electron chi connectivity index (χ1n) is 14.5. The summed E-state index contributed by atoms with van der Waals surface area (Å²) in [5.41, 5.74) is 3.36. The highest BCUT2D eigenvalue weighted by atomic mass is 16.2. The second-order valence-corrected chi connectivity index (χ2v) is 11.3. The molecule has 4 N–H and O–H groups in total. The van der Waals surface area contributed by atoms with Gasteiger partial charge in [-0.15, -0.1) is 0 Å². The Morgan fingerprint density at radius 2 is 1.74 bits per heavy atom. The third-order valence-electron chi connectivity index (χ3n) is 8.10. The number of allylic oxidation sites excluding steroid dienone is 1. The van der Waals surface area contributed by atoms with Crippen molar-refractivity contribution in [2.45, 2.75) is 57.2 Å². The zero-order chi connectivity index (χ0) is 29.7. The van der Waals surface area contributed by atoms with Crippen LogP contribution in [0.1, 0.15) is 72.2 Å². The summed E-state index contributed by atoms with van der Waals surface area (Å²) in [5, 5.41) is 16.7. The van der Waals surface area contributed by atoms with E-state index in [2.05, 4.69) is 31.0 Å². The van der Waals surface area contributed by atoms with Crippen LogP contribution in [-0.4, -0.2) is 58.5 Å². The van der Waals surface area contributed by atoms with Crippen molar-refractivity contribution in [1.82, 2.24) is 25.3 Å². The van der Waals surface area contributed by atoms with E-state index in [1.165, 1.54) is 6.08 Å². The molecular weight excluding hydrogens is 530 g/mol. The molecule has 1 spiro atoms. The highest BCUT2D eigenvalue weighted by molar-refractivity contribution is 6.05. The summed E-state index contributed by atoms with van der Waals surface area (Å²) in [6.45, 7) is 2.79. The normalized spacial score (nSPS) is 16.4. The molecule has 5 rings (SSSR count). The van der Waals surface area contributed by atoms with Gasteiger partial charge in [-0.2, -0.15) is 5.10 Å². The van der Waals surface area contributed by atoms with Crippen LogP contribution in [0.25, 0.3) is 0 Å². The SMILES string of the molecule is C/C=C/C(=O)Nc1ccc(C(=O)Nc2n[nH]c3c2CN(C(=O)N[C@H](CN(C)C)c2ccccc2)C32CCCCC2)cc1. The summed E-state index contributed by atoms with van der Waals surface area (Å²) in [4.78, 5) is 43.0. The molecule has 0 radical (unpaired) electrons. The maximum absolute atomic E-state index is 14.0. The van der Waals surface area contributed by atoms with E-state index in [1.807, 2.05) is 49.3 Å². The van der Waals surface area contributed by atoms with Crippen LogP contribution in [-0.2, 0) is 16.9 Å². The predicted molar refractivity (Wildman–Crippen MR) is 163 cm³/mol. The van der Waals surface area contributed by atoms with Gasteiger partial charge in [-0.25, -0.2) is 4.79 Å². The first kappa shape index (κ1) is 29.1. The molecular formula is C32H39N7O3. The first-order chi connectivity index (χ1) is 20.3. The third kappa shape index (κ3) is 6.08. The van der Waals surface area contributed by atoms with Crippen LogP contribution >= 0.6 is 0 Å². The molecule has 1 atom stereocenters. The minimum Gasteiger partial charge on any atom is -0.330 e. The van der Waals surface area contributed by atoms with E-state index in [1.54, 1.807) is 37.3 Å². The predicted octanol–water partition coefficient (Wildman–Crippen LogP) is 5.16. The maximum atomic E-state index is 14.0. The molecule has 2 aliphatic rings. The molecule has 0 unspecified atom stereocenters. The number of fused-ring (bicyclic) bond motifs is 2. The van der Waals surface area contributed by atoms with Crippen LogP contribution in [0, 0.1) is 0 Å². The molecule has 1 aliphatic carbocycles. The van der Waals surface area contributed by atoms with E-state index in [0.717, 1.165) is 48.9 Å². The van der Waals surface area contributed by atoms with Crippen LogP contribution in [0.3, 0.4) is 0 Å². The minimum atomic E-state index is -0.486. The summed E-state index contributed by atoms with van der Waals surface area (Å²) >= 11 is 0. The summed E-state index contributed by atoms with van der Waals surface area (Å²) in [6, 6.07) is 16.4. The number of rotatable bonds is 8. The number of urea groups is 1. The van der Waals surface area contributed by atoms with E-state index in [-0.39, 0.29) is 23.9 Å². The van der Waals surface area contributed by atoms with Crippen LogP contribution in [0.15, 0.2) is 66.7 Å². The van der Waals surface area contributed by atoms with Gasteiger partial charge in [0.25, 0.3) is 5.91 Å². The van der Waals surface area contributed by atoms with Crippen molar-refractivity contribution in [3.05, 3.63) is 89.1 Å². The Morgan fingerprint density at radius 3 is 2.40 bits per heavy atom. The smallest absolute Gasteiger partial charge is 0.319 e. The lowest BCUT2D eigenvalue weighted by Gasteiger charge is -2.42. The van der Waals surface area contributed by atoms with Gasteiger partial charge in [0.1, 0.15) is 0 Å². The number of nitrogens with zero attached hydrogens (tertiary/aromatic N) is 3. The first-order valence-corrected chi connectivity index (χ1v) is 14.5. The lowest BCUT2D eigenvalue weighted by Crippen LogP contribution is -2.52. The van der Waals surface area contributed by atoms with E-state index in [4.69, 9.17) is 0 Å². The van der Waals surface area contributed by atoms with Crippen LogP contribution in [0.5, 0.6) is 0 Å². The highest BCUT2D eigenvalue weighted by Gasteiger charge is 2.51. The van der Waals surface area contributed by atoms with Crippen molar-refractivity contribution < 1.29 is 14.4 Å². The fourth-order valence-electron chi connectivity index (χ4n) is 6.11. The lowest BCUT2D eigenvalue weighted by molar-refractivity contribution is -0.111. The second kappa shape index (κ2) is 12.6. The van der Waals surface area contributed by atoms with Crippen molar-refractivity contribution in [2.75, 3.05) is 31.3 Å². The number of nitrogens with one attached hydrogen (secondary N) is 4. The summed E-state index contributed by atoms with van der Waals surface area (Å²) in [5.74, 6) is -0.108. The molecule has 2 aromatic carbocycles. The number of anilines is 2. The molecule has 220 valence electrons. The average Bonchev–Trinajstić information content (AvgIpc) is 3.52. The van der Waals surface area contributed by atoms with E-state index in [9.17, 15) is 14.4 Å². The largest absolute Gasteiger partial charge is 0.330 e. The van der Waals surface area contributed by atoms with Crippen LogP contribution in [0.2, 0.25) is 0 Å². The summed E-state index contributed by atoms with van der Waals surface area (Å²) in [7, 11) is 4.00. The summed E-state index contributed by atoms with van der Waals surface area (Å²) in [6.07, 6.45) is 7.93. The fourth-order valence-corrected chi connectivity index (χ4v) is 6.11. The Hall–Kier alpha value is -4.44. The number of benzene rings is 2. The van der Waals surface area contributed by atoms with Crippen molar-refractivity contribution in [2.24, 2.45) is 0 Å². The van der Waals surface area contributed by atoms with Crippen molar-refractivity contribution in [1.29, 1.82) is 0 Å². The molecule has 10 heteroatoms. The number of aromatic amines is 1. The van der Waals surface area contributed by atoms with Crippen LogP contribution in [0.4, 0.5) is 16.3 Å². The van der Waals surface area contributed by atoms with Gasteiger partial charge in [0.15, 0.2) is 5.82 Å². The monoisotopic (exact) mass is 569 g/mol. The minimum absolute atomic E-state index is 0.120. The molecule has 10 nitrogen and oxygen atoms in total. The number of carbonyl (C=O) groups is 3. The molecule has 0 bridgehead atoms. The van der Waals surface area contributed by atoms with Gasteiger partial charge in [0.05, 0.1) is 23.8 Å². The zero-order valence-corrected chi connectivity index (χ0v) is 24.4. The van der Waals surface area contributed by atoms with Crippen molar-refractivity contribution >= 4 is 29.4 Å². The second-order valence-electron chi connectivity index (χ2n) is 11.3. The quantitative estimate of drug-likeness (QED) is 0.279. The number of likely N-dealkylation sites (N-methyl/N-ethyl adjacent to an activating group) is 1. The molecule has 3 aromatic rings. The topological polar surface area (TPSA) is 122 Å². The summed E-state index contributed by atoms with van der Waals surface area (Å²) < 4.78 is 0. The molecule has 1 fully saturated rings. The number of hydrogen-bond donors (Lipinski definition) is 4. The lowest BCUT2D eigenvalue weighted by atomic mass is 9.79. The number of carbonyl (C=O) groups excluding carboxylic acids is 3. The standard InChI is InChI=1S/C32H39N7O3/c1-4-11-27(40)33-24-16-14-23(15-17-24)30(41)35-29-25-20-39(32(28(25)36-37-29)18-9-6-10-19-32)31(42)34-26(21-38(2)3)22-12-7-5-8-13-22/h4-5,7-8,11-17,26H,6,9-10,18-21H2,1-3H3,(H,33,40)(H,34,42)(H2,35,36,37,41)/b11-4+/t26-/m1/s1. The van der Waals surface area contributed by atoms with Crippen molar-refractivity contribution in [3.8, 4) is 0 Å². The Bertz CT molecular complexity index is 1440. The van der Waals surface area contributed by atoms with Gasteiger partial charge in [-0.1, -0.05) is 55.7 Å². The fraction of sp³-hybridized carbons (Fsp3) is 0.375. The number of aromatic nitrogens is 2. The Morgan fingerprint density at radius 1 is 1.02 bits per heavy atom. The number of amides is 4. The van der Waals surface area contributed by atoms with Gasteiger partial charge in [0.2, 0.25) is 5.91 Å². The van der Waals surface area contributed by atoms with Gasteiger partial charge in [-0.3, -0.25) is 14.7 Å². The van der Waals surface area contributed by atoms with Gasteiger partial charge < -0.3 is 25.8 Å². The molecule has 1 aliphatic heterocycles. The molecule has 42 heavy (non-hydrogen) atoms. The maximum Gasteiger partial charge on any atom is 0.319 e. The number of H-pyrrole nitrogens is 1. The zero-order valence-electron chi connectivity index (χ0n) is 24.4. The molecule has 0 saturated heterocycles. The van der Waals surface area contributed by atoms with Gasteiger partial charge in [-0.05, 0) is 69.8 Å².